The molecule has 0 amide bonds. The fraction of sp³-hybridized carbons (Fsp3) is 0.111. The van der Waals surface area contributed by atoms with Crippen molar-refractivity contribution >= 4 is 22.6 Å². The lowest BCUT2D eigenvalue weighted by atomic mass is 10.2. The molecule has 2 rings (SSSR count). The van der Waals surface area contributed by atoms with Crippen molar-refractivity contribution in [1.29, 1.82) is 0 Å². The summed E-state index contributed by atoms with van der Waals surface area (Å²) in [6, 6.07) is 7.15. The Morgan fingerprint density at radius 3 is 2.33 bits per heavy atom. The Kier molecular flexibility index (Phi) is 2.94. The normalized spacial score (nSPS) is 10.9. The molecule has 0 bridgehead atoms. The molecule has 1 heterocycles. The molecule has 0 radical (unpaired) electrons. The first-order valence-corrected chi connectivity index (χ1v) is 5.12. The van der Waals surface area contributed by atoms with Gasteiger partial charge in [0.25, 0.3) is 5.89 Å². The SMILES string of the molecule is FC(F)c1nnc(-c2ccc(I)cc2)o1. The van der Waals surface area contributed by atoms with Gasteiger partial charge in [-0.25, -0.2) is 0 Å². The van der Waals surface area contributed by atoms with E-state index in [-0.39, 0.29) is 5.89 Å². The van der Waals surface area contributed by atoms with Crippen LogP contribution in [-0.4, -0.2) is 10.2 Å². The molecule has 78 valence electrons. The lowest BCUT2D eigenvalue weighted by Gasteiger charge is -1.94. The van der Waals surface area contributed by atoms with E-state index in [2.05, 4.69) is 32.8 Å². The van der Waals surface area contributed by atoms with Crippen LogP contribution in [0.4, 0.5) is 8.78 Å². The molecule has 1 aromatic carbocycles. The quantitative estimate of drug-likeness (QED) is 0.797. The number of halogens is 3. The molecule has 6 heteroatoms. The summed E-state index contributed by atoms with van der Waals surface area (Å²) in [5, 5.41) is 6.78. The van der Waals surface area contributed by atoms with Gasteiger partial charge in [0.1, 0.15) is 0 Å². The minimum absolute atomic E-state index is 0.113. The van der Waals surface area contributed by atoms with Crippen molar-refractivity contribution in [3.05, 3.63) is 33.7 Å². The number of hydrogen-bond acceptors (Lipinski definition) is 3. The van der Waals surface area contributed by atoms with E-state index in [1.54, 1.807) is 12.1 Å². The highest BCUT2D eigenvalue weighted by Gasteiger charge is 2.16. The fourth-order valence-electron chi connectivity index (χ4n) is 1.03. The Labute approximate surface area is 97.6 Å². The molecule has 0 saturated heterocycles. The Morgan fingerprint density at radius 1 is 1.13 bits per heavy atom. The summed E-state index contributed by atoms with van der Waals surface area (Å²) in [5.41, 5.74) is 0.634. The molecular weight excluding hydrogens is 317 g/mol. The summed E-state index contributed by atoms with van der Waals surface area (Å²) < 4.78 is 30.2. The fourth-order valence-corrected chi connectivity index (χ4v) is 1.39. The Morgan fingerprint density at radius 2 is 1.80 bits per heavy atom. The second-order valence-corrected chi connectivity index (χ2v) is 4.00. The molecule has 0 N–H and O–H groups in total. The Hall–Kier alpha value is -1.05. The van der Waals surface area contributed by atoms with E-state index in [9.17, 15) is 8.78 Å². The van der Waals surface area contributed by atoms with Crippen LogP contribution in [0, 0.1) is 3.57 Å². The van der Waals surface area contributed by atoms with E-state index in [4.69, 9.17) is 4.42 Å². The number of aromatic nitrogens is 2. The van der Waals surface area contributed by atoms with E-state index in [1.165, 1.54) is 0 Å². The minimum Gasteiger partial charge on any atom is -0.415 e. The number of benzene rings is 1. The molecule has 2 aromatic rings. The standard InChI is InChI=1S/C9H5F2IN2O/c10-7(11)9-14-13-8(15-9)5-1-3-6(12)4-2-5/h1-4,7H. The smallest absolute Gasteiger partial charge is 0.314 e. The van der Waals surface area contributed by atoms with Crippen LogP contribution in [0.5, 0.6) is 0 Å². The van der Waals surface area contributed by atoms with Crippen LogP contribution in [0.25, 0.3) is 11.5 Å². The molecule has 15 heavy (non-hydrogen) atoms. The van der Waals surface area contributed by atoms with Crippen molar-refractivity contribution in [1.82, 2.24) is 10.2 Å². The molecule has 0 aliphatic rings. The van der Waals surface area contributed by atoms with Crippen molar-refractivity contribution in [2.75, 3.05) is 0 Å². The maximum atomic E-state index is 12.2. The van der Waals surface area contributed by atoms with Crippen LogP contribution in [0.1, 0.15) is 12.3 Å². The zero-order valence-corrected chi connectivity index (χ0v) is 9.48. The van der Waals surface area contributed by atoms with Gasteiger partial charge in [0.15, 0.2) is 0 Å². The van der Waals surface area contributed by atoms with Gasteiger partial charge in [-0.1, -0.05) is 0 Å². The zero-order chi connectivity index (χ0) is 10.8. The summed E-state index contributed by atoms with van der Waals surface area (Å²) in [6.07, 6.45) is -2.73. The van der Waals surface area contributed by atoms with Crippen molar-refractivity contribution in [3.8, 4) is 11.5 Å². The monoisotopic (exact) mass is 322 g/mol. The average molecular weight is 322 g/mol. The van der Waals surface area contributed by atoms with Gasteiger partial charge in [-0.15, -0.1) is 10.2 Å². The van der Waals surface area contributed by atoms with Crippen LogP contribution < -0.4 is 0 Å². The summed E-state index contributed by atoms with van der Waals surface area (Å²) in [4.78, 5) is 0. The van der Waals surface area contributed by atoms with E-state index >= 15 is 0 Å². The third-order valence-corrected chi connectivity index (χ3v) is 2.44. The van der Waals surface area contributed by atoms with Crippen LogP contribution in [-0.2, 0) is 0 Å². The van der Waals surface area contributed by atoms with E-state index < -0.39 is 12.3 Å². The topological polar surface area (TPSA) is 38.9 Å². The summed E-state index contributed by atoms with van der Waals surface area (Å²) in [6.45, 7) is 0. The third kappa shape index (κ3) is 2.31. The average Bonchev–Trinajstić information content (AvgIpc) is 2.68. The summed E-state index contributed by atoms with van der Waals surface area (Å²) in [5.74, 6) is -0.537. The second kappa shape index (κ2) is 4.21. The molecule has 1 aromatic heterocycles. The Bertz CT molecular complexity index is 455. The first-order chi connectivity index (χ1) is 7.16. The van der Waals surface area contributed by atoms with Gasteiger partial charge < -0.3 is 4.42 Å². The molecule has 3 nitrogen and oxygen atoms in total. The molecular formula is C9H5F2IN2O. The van der Waals surface area contributed by atoms with E-state index in [0.29, 0.717) is 5.56 Å². The lowest BCUT2D eigenvalue weighted by Crippen LogP contribution is -1.81. The molecule has 0 aliphatic heterocycles. The predicted molar refractivity (Wildman–Crippen MR) is 57.4 cm³/mol. The number of rotatable bonds is 2. The van der Waals surface area contributed by atoms with Crippen LogP contribution in [0.3, 0.4) is 0 Å². The van der Waals surface area contributed by atoms with Gasteiger partial charge in [-0.05, 0) is 46.9 Å². The van der Waals surface area contributed by atoms with Crippen molar-refractivity contribution in [2.45, 2.75) is 6.43 Å². The molecule has 0 unspecified atom stereocenters. The van der Waals surface area contributed by atoms with Crippen molar-refractivity contribution in [3.63, 3.8) is 0 Å². The summed E-state index contributed by atoms with van der Waals surface area (Å²) in [7, 11) is 0. The molecule has 0 aliphatic carbocycles. The van der Waals surface area contributed by atoms with Gasteiger partial charge in [-0.2, -0.15) is 8.78 Å². The second-order valence-electron chi connectivity index (χ2n) is 2.75. The van der Waals surface area contributed by atoms with Crippen molar-refractivity contribution < 1.29 is 13.2 Å². The van der Waals surface area contributed by atoms with Gasteiger partial charge in [0.05, 0.1) is 0 Å². The largest absolute Gasteiger partial charge is 0.415 e. The number of nitrogens with zero attached hydrogens (tertiary/aromatic N) is 2. The Balaban J connectivity index is 2.33. The van der Waals surface area contributed by atoms with E-state index in [1.807, 2.05) is 12.1 Å². The third-order valence-electron chi connectivity index (χ3n) is 1.72. The highest BCUT2D eigenvalue weighted by molar-refractivity contribution is 14.1. The van der Waals surface area contributed by atoms with E-state index in [0.717, 1.165) is 3.57 Å². The highest BCUT2D eigenvalue weighted by atomic mass is 127. The van der Waals surface area contributed by atoms with Crippen LogP contribution in [0.2, 0.25) is 0 Å². The first kappa shape index (κ1) is 10.5. The molecule has 0 saturated carbocycles. The maximum absolute atomic E-state index is 12.2. The number of alkyl halides is 2. The molecule has 0 fully saturated rings. The van der Waals surface area contributed by atoms with Crippen LogP contribution in [0.15, 0.2) is 28.7 Å². The number of hydrogen-bond donors (Lipinski definition) is 0. The minimum atomic E-state index is -2.73. The van der Waals surface area contributed by atoms with Gasteiger partial charge in [0.2, 0.25) is 5.89 Å². The summed E-state index contributed by atoms with van der Waals surface area (Å²) >= 11 is 2.15. The van der Waals surface area contributed by atoms with Crippen molar-refractivity contribution in [2.24, 2.45) is 0 Å². The predicted octanol–water partition coefficient (Wildman–Crippen LogP) is 3.28. The van der Waals surface area contributed by atoms with Crippen LogP contribution >= 0.6 is 22.6 Å². The maximum Gasteiger partial charge on any atom is 0.314 e. The first-order valence-electron chi connectivity index (χ1n) is 4.04. The highest BCUT2D eigenvalue weighted by Crippen LogP contribution is 2.23. The zero-order valence-electron chi connectivity index (χ0n) is 7.32. The van der Waals surface area contributed by atoms with Gasteiger partial charge in [-0.3, -0.25) is 0 Å². The van der Waals surface area contributed by atoms with Gasteiger partial charge in [0, 0.05) is 9.13 Å². The lowest BCUT2D eigenvalue weighted by molar-refractivity contribution is 0.116. The van der Waals surface area contributed by atoms with Gasteiger partial charge >= 0.3 is 6.43 Å². The molecule has 0 spiro atoms. The molecule has 0 atom stereocenters.